The van der Waals surface area contributed by atoms with Crippen LogP contribution < -0.4 is 24.3 Å². The van der Waals surface area contributed by atoms with E-state index in [0.717, 1.165) is 55.2 Å². The Labute approximate surface area is 279 Å². The molecule has 5 aromatic rings. The quantitative estimate of drug-likeness (QED) is 0.173. The van der Waals surface area contributed by atoms with Crippen LogP contribution in [-0.4, -0.2) is 72.5 Å². The van der Waals surface area contributed by atoms with Crippen LogP contribution in [0, 0.1) is 0 Å². The third kappa shape index (κ3) is 7.31. The van der Waals surface area contributed by atoms with Gasteiger partial charge in [0.05, 0.1) is 45.4 Å². The van der Waals surface area contributed by atoms with E-state index in [2.05, 4.69) is 49.9 Å². The van der Waals surface area contributed by atoms with E-state index < -0.39 is 0 Å². The summed E-state index contributed by atoms with van der Waals surface area (Å²) < 4.78 is 22.0. The maximum atomic E-state index is 12.9. The fourth-order valence-electron chi connectivity index (χ4n) is 5.73. The first-order valence-electron chi connectivity index (χ1n) is 15.6. The third-order valence-corrected chi connectivity index (χ3v) is 8.34. The van der Waals surface area contributed by atoms with Gasteiger partial charge in [-0.15, -0.1) is 15.0 Å². The molecule has 0 aliphatic carbocycles. The van der Waals surface area contributed by atoms with Gasteiger partial charge in [-0.3, -0.25) is 9.69 Å². The Bertz CT molecular complexity index is 1910. The number of methoxy groups -OCH3 is 4. The van der Waals surface area contributed by atoms with Crippen LogP contribution in [0.2, 0.25) is 0 Å². The summed E-state index contributed by atoms with van der Waals surface area (Å²) in [6, 6.07) is 25.3. The van der Waals surface area contributed by atoms with E-state index in [1.54, 1.807) is 39.5 Å². The number of carbonyl (C=O) groups is 1. The topological polar surface area (TPSA) is 113 Å². The fourth-order valence-corrected chi connectivity index (χ4v) is 5.73. The van der Waals surface area contributed by atoms with E-state index in [0.29, 0.717) is 28.6 Å². The van der Waals surface area contributed by atoms with Crippen molar-refractivity contribution in [1.29, 1.82) is 0 Å². The number of amides is 1. The molecule has 0 saturated carbocycles. The molecule has 0 spiro atoms. The van der Waals surface area contributed by atoms with Gasteiger partial charge in [-0.25, -0.2) is 0 Å². The highest BCUT2D eigenvalue weighted by molar-refractivity contribution is 6.04. The summed E-state index contributed by atoms with van der Waals surface area (Å²) in [7, 11) is 6.43. The number of hydrogen-bond acceptors (Lipinski definition) is 9. The average Bonchev–Trinajstić information content (AvgIpc) is 3.63. The molecule has 0 bridgehead atoms. The minimum atomic E-state index is -0.316. The molecular formula is C37H38N6O5. The van der Waals surface area contributed by atoms with Crippen molar-refractivity contribution >= 4 is 17.7 Å². The van der Waals surface area contributed by atoms with Gasteiger partial charge in [0.25, 0.3) is 0 Å². The molecule has 6 rings (SSSR count). The molecule has 48 heavy (non-hydrogen) atoms. The smallest absolute Gasteiger partial charge is 0.248 e. The highest BCUT2D eigenvalue weighted by Gasteiger charge is 2.20. The number of carbonyl (C=O) groups excluding carboxylic acids is 1. The number of anilines is 1. The molecule has 1 aliphatic heterocycles. The van der Waals surface area contributed by atoms with E-state index >= 15 is 0 Å². The van der Waals surface area contributed by atoms with Gasteiger partial charge < -0.3 is 24.3 Å². The molecule has 0 unspecified atom stereocenters. The van der Waals surface area contributed by atoms with Gasteiger partial charge in [0, 0.05) is 31.8 Å². The summed E-state index contributed by atoms with van der Waals surface area (Å²) in [6.45, 7) is 2.81. The number of benzene rings is 4. The number of tetrazole rings is 1. The van der Waals surface area contributed by atoms with Gasteiger partial charge in [0.2, 0.25) is 11.7 Å². The van der Waals surface area contributed by atoms with Crippen LogP contribution in [0.15, 0.2) is 84.9 Å². The second kappa shape index (κ2) is 14.8. The Kier molecular flexibility index (Phi) is 9.96. The van der Waals surface area contributed by atoms with Crippen molar-refractivity contribution < 1.29 is 23.7 Å². The molecule has 0 fully saturated rings. The van der Waals surface area contributed by atoms with E-state index in [9.17, 15) is 4.79 Å². The zero-order chi connectivity index (χ0) is 33.5. The van der Waals surface area contributed by atoms with Gasteiger partial charge in [-0.2, -0.15) is 0 Å². The number of aromatic nitrogens is 4. The summed E-state index contributed by atoms with van der Waals surface area (Å²) in [5, 5.41) is 16.2. The lowest BCUT2D eigenvalue weighted by Gasteiger charge is -2.29. The molecule has 0 radical (unpaired) electrons. The predicted octanol–water partition coefficient (Wildman–Crippen LogP) is 5.62. The summed E-state index contributed by atoms with van der Waals surface area (Å²) in [6.07, 6.45) is 5.10. The van der Waals surface area contributed by atoms with Crippen LogP contribution in [0.4, 0.5) is 5.69 Å². The molecule has 11 nitrogen and oxygen atoms in total. The molecule has 246 valence electrons. The second-order valence-electron chi connectivity index (χ2n) is 11.3. The number of hydrogen-bond donors (Lipinski definition) is 1. The molecule has 11 heteroatoms. The summed E-state index contributed by atoms with van der Waals surface area (Å²) in [5.74, 6) is 2.48. The molecule has 1 aliphatic rings. The fraction of sp³-hybridized carbons (Fsp3) is 0.243. The molecule has 1 amide bonds. The van der Waals surface area contributed by atoms with E-state index in [1.807, 2.05) is 42.5 Å². The number of rotatable bonds is 12. The van der Waals surface area contributed by atoms with Crippen LogP contribution in [0.3, 0.4) is 0 Å². The van der Waals surface area contributed by atoms with Crippen molar-refractivity contribution in [1.82, 2.24) is 25.1 Å². The maximum absolute atomic E-state index is 12.9. The number of nitrogens with one attached hydrogen (secondary N) is 1. The van der Waals surface area contributed by atoms with Gasteiger partial charge in [0.15, 0.2) is 23.0 Å². The highest BCUT2D eigenvalue weighted by Crippen LogP contribution is 2.38. The Morgan fingerprint density at radius 1 is 0.833 bits per heavy atom. The Morgan fingerprint density at radius 3 is 2.21 bits per heavy atom. The lowest BCUT2D eigenvalue weighted by molar-refractivity contribution is -0.111. The van der Waals surface area contributed by atoms with Crippen molar-refractivity contribution in [3.63, 3.8) is 0 Å². The number of nitrogens with zero attached hydrogens (tertiary/aromatic N) is 5. The zero-order valence-corrected chi connectivity index (χ0v) is 27.5. The third-order valence-electron chi connectivity index (χ3n) is 8.34. The van der Waals surface area contributed by atoms with Crippen LogP contribution in [0.1, 0.15) is 22.3 Å². The van der Waals surface area contributed by atoms with Gasteiger partial charge in [-0.05, 0) is 76.7 Å². The summed E-state index contributed by atoms with van der Waals surface area (Å²) in [5.41, 5.74) is 6.49. The molecule has 4 aromatic carbocycles. The molecule has 2 heterocycles. The van der Waals surface area contributed by atoms with Crippen molar-refractivity contribution in [3.8, 4) is 40.1 Å². The van der Waals surface area contributed by atoms with Crippen molar-refractivity contribution in [3.05, 3.63) is 107 Å². The lowest BCUT2D eigenvalue weighted by atomic mass is 9.98. The number of fused-ring (bicyclic) bond motifs is 1. The molecule has 1 N–H and O–H groups in total. The van der Waals surface area contributed by atoms with Crippen molar-refractivity contribution in [2.75, 3.05) is 46.8 Å². The zero-order valence-electron chi connectivity index (χ0n) is 27.5. The van der Waals surface area contributed by atoms with Crippen LogP contribution >= 0.6 is 0 Å². The Hall–Kier alpha value is -5.68. The first-order chi connectivity index (χ1) is 23.5. The lowest BCUT2D eigenvalue weighted by Crippen LogP contribution is -2.32. The van der Waals surface area contributed by atoms with E-state index in [1.165, 1.54) is 34.7 Å². The normalized spacial score (nSPS) is 12.8. The summed E-state index contributed by atoms with van der Waals surface area (Å²) in [4.78, 5) is 16.8. The Morgan fingerprint density at radius 2 is 1.50 bits per heavy atom. The summed E-state index contributed by atoms with van der Waals surface area (Å²) >= 11 is 0. The minimum absolute atomic E-state index is 0.316. The molecular weight excluding hydrogens is 608 g/mol. The second-order valence-corrected chi connectivity index (χ2v) is 11.3. The maximum Gasteiger partial charge on any atom is 0.248 e. The van der Waals surface area contributed by atoms with Gasteiger partial charge in [0.1, 0.15) is 0 Å². The highest BCUT2D eigenvalue weighted by atomic mass is 16.5. The van der Waals surface area contributed by atoms with Crippen LogP contribution in [0.25, 0.3) is 23.2 Å². The molecule has 0 atom stereocenters. The minimum Gasteiger partial charge on any atom is -0.493 e. The van der Waals surface area contributed by atoms with Crippen molar-refractivity contribution in [2.45, 2.75) is 19.4 Å². The van der Waals surface area contributed by atoms with Crippen LogP contribution in [0.5, 0.6) is 23.0 Å². The van der Waals surface area contributed by atoms with Crippen molar-refractivity contribution in [2.24, 2.45) is 0 Å². The van der Waals surface area contributed by atoms with Gasteiger partial charge in [-0.1, -0.05) is 42.5 Å². The molecule has 1 aromatic heterocycles. The monoisotopic (exact) mass is 646 g/mol. The first kappa shape index (κ1) is 32.3. The predicted molar refractivity (Wildman–Crippen MR) is 184 cm³/mol. The van der Waals surface area contributed by atoms with Gasteiger partial charge >= 0.3 is 0 Å². The SMILES string of the molecule is COc1cc2c(cc1OC)CN(CCc1ccc(-n3nnc(-c4cc(OC)c(OC)cc4NC(=O)/C=C/c4ccccc4)n3)cc1)CC2. The average molecular weight is 647 g/mol. The Balaban J connectivity index is 1.14. The standard InChI is InChI=1S/C37H38N6O5/c1-45-32-20-27-17-19-42(24-28(27)21-33(32)46-2)18-16-26-10-13-29(14-11-26)43-40-37(39-41-43)30-22-34(47-3)35(48-4)23-31(30)38-36(44)15-12-25-8-6-5-7-9-25/h5-15,20-23H,16-19,24H2,1-4H3,(H,38,44)/b15-12+. The van der Waals surface area contributed by atoms with E-state index in [4.69, 9.17) is 18.9 Å². The largest absolute Gasteiger partial charge is 0.493 e. The van der Waals surface area contributed by atoms with Crippen LogP contribution in [-0.2, 0) is 24.2 Å². The molecule has 0 saturated heterocycles. The first-order valence-corrected chi connectivity index (χ1v) is 15.6. The number of ether oxygens (including phenoxy) is 4. The van der Waals surface area contributed by atoms with E-state index in [-0.39, 0.29) is 5.91 Å².